The first-order valence-corrected chi connectivity index (χ1v) is 7.99. The monoisotopic (exact) mass is 275 g/mol. The largest absolute Gasteiger partial charge is 0.310 e. The molecule has 1 N–H and O–H groups in total. The quantitative estimate of drug-likeness (QED) is 0.608. The van der Waals surface area contributed by atoms with Crippen molar-refractivity contribution in [3.63, 3.8) is 0 Å². The third-order valence-corrected chi connectivity index (χ3v) is 4.90. The van der Waals surface area contributed by atoms with Gasteiger partial charge in [0.25, 0.3) is 0 Å². The Kier molecular flexibility index (Phi) is 3.16. The molecule has 0 unspecified atom stereocenters. The molecule has 1 aliphatic rings. The van der Waals surface area contributed by atoms with Gasteiger partial charge in [0.2, 0.25) is 0 Å². The number of hydrogen-bond acceptors (Lipinski definition) is 1. The lowest BCUT2D eigenvalue weighted by Gasteiger charge is -2.27. The van der Waals surface area contributed by atoms with Crippen molar-refractivity contribution in [2.24, 2.45) is 0 Å². The smallest absolute Gasteiger partial charge is 0.0332 e. The number of piperidine rings is 1. The maximum absolute atomic E-state index is 3.74. The molecule has 1 heteroatoms. The van der Waals surface area contributed by atoms with E-state index in [0.717, 1.165) is 6.54 Å². The predicted octanol–water partition coefficient (Wildman–Crippen LogP) is 5.12. The summed E-state index contributed by atoms with van der Waals surface area (Å²) in [5, 5.41) is 9.39. The predicted molar refractivity (Wildman–Crippen MR) is 90.8 cm³/mol. The molecule has 1 aliphatic heterocycles. The van der Waals surface area contributed by atoms with Crippen molar-refractivity contribution in [3.05, 3.63) is 59.7 Å². The van der Waals surface area contributed by atoms with Gasteiger partial charge < -0.3 is 5.32 Å². The number of fused-ring (bicyclic) bond motifs is 2. The highest BCUT2D eigenvalue weighted by atomic mass is 14.9. The minimum Gasteiger partial charge on any atom is -0.310 e. The number of nitrogens with one attached hydrogen (secondary N) is 1. The highest BCUT2D eigenvalue weighted by Crippen LogP contribution is 2.38. The van der Waals surface area contributed by atoms with Crippen molar-refractivity contribution >= 4 is 21.5 Å². The van der Waals surface area contributed by atoms with E-state index in [9.17, 15) is 0 Å². The van der Waals surface area contributed by atoms with Gasteiger partial charge in [0, 0.05) is 6.04 Å². The summed E-state index contributed by atoms with van der Waals surface area (Å²) in [4.78, 5) is 0. The number of benzene rings is 3. The van der Waals surface area contributed by atoms with E-state index in [1.807, 2.05) is 0 Å². The van der Waals surface area contributed by atoms with E-state index < -0.39 is 0 Å². The minimum absolute atomic E-state index is 0.495. The molecule has 3 aromatic rings. The maximum Gasteiger partial charge on any atom is 0.0332 e. The SMILES string of the molecule is Cc1c2ccccc2c([C@@H]2CCCCN2)c2ccccc12. The lowest BCUT2D eigenvalue weighted by Crippen LogP contribution is -2.27. The molecule has 1 saturated heterocycles. The molecule has 3 aromatic carbocycles. The fraction of sp³-hybridized carbons (Fsp3) is 0.300. The first kappa shape index (κ1) is 12.8. The van der Waals surface area contributed by atoms with Crippen LogP contribution in [0.25, 0.3) is 21.5 Å². The van der Waals surface area contributed by atoms with Crippen molar-refractivity contribution < 1.29 is 0 Å². The van der Waals surface area contributed by atoms with Crippen LogP contribution in [0, 0.1) is 6.92 Å². The van der Waals surface area contributed by atoms with Crippen LogP contribution in [0.3, 0.4) is 0 Å². The molecule has 0 amide bonds. The van der Waals surface area contributed by atoms with Crippen LogP contribution < -0.4 is 5.32 Å². The van der Waals surface area contributed by atoms with Gasteiger partial charge in [-0.2, -0.15) is 0 Å². The van der Waals surface area contributed by atoms with E-state index in [0.29, 0.717) is 6.04 Å². The van der Waals surface area contributed by atoms with Crippen LogP contribution in [0.5, 0.6) is 0 Å². The van der Waals surface area contributed by atoms with E-state index in [-0.39, 0.29) is 0 Å². The van der Waals surface area contributed by atoms with Crippen LogP contribution in [0.4, 0.5) is 0 Å². The van der Waals surface area contributed by atoms with Crippen LogP contribution >= 0.6 is 0 Å². The zero-order chi connectivity index (χ0) is 14.2. The Hall–Kier alpha value is -1.86. The Labute approximate surface area is 126 Å². The highest BCUT2D eigenvalue weighted by Gasteiger charge is 2.20. The van der Waals surface area contributed by atoms with E-state index in [2.05, 4.69) is 60.8 Å². The molecule has 1 heterocycles. The Bertz CT molecular complexity index is 740. The van der Waals surface area contributed by atoms with Gasteiger partial charge in [0.05, 0.1) is 0 Å². The molecular weight excluding hydrogens is 254 g/mol. The summed E-state index contributed by atoms with van der Waals surface area (Å²) < 4.78 is 0. The van der Waals surface area contributed by atoms with Gasteiger partial charge in [-0.15, -0.1) is 0 Å². The highest BCUT2D eigenvalue weighted by molar-refractivity contribution is 6.06. The second kappa shape index (κ2) is 5.16. The van der Waals surface area contributed by atoms with E-state index in [1.54, 1.807) is 0 Å². The lowest BCUT2D eigenvalue weighted by atomic mass is 9.86. The summed E-state index contributed by atoms with van der Waals surface area (Å²) in [6, 6.07) is 18.3. The average molecular weight is 275 g/mol. The lowest BCUT2D eigenvalue weighted by molar-refractivity contribution is 0.416. The third kappa shape index (κ3) is 2.04. The first-order valence-electron chi connectivity index (χ1n) is 7.99. The fourth-order valence-corrected chi connectivity index (χ4v) is 3.85. The van der Waals surface area contributed by atoms with Crippen LogP contribution in [0.15, 0.2) is 48.5 Å². The topological polar surface area (TPSA) is 12.0 Å². The summed E-state index contributed by atoms with van der Waals surface area (Å²) >= 11 is 0. The van der Waals surface area contributed by atoms with Gasteiger partial charge in [-0.1, -0.05) is 55.0 Å². The summed E-state index contributed by atoms with van der Waals surface area (Å²) in [6.45, 7) is 3.39. The van der Waals surface area contributed by atoms with Gasteiger partial charge in [-0.05, 0) is 59.0 Å². The Balaban J connectivity index is 2.11. The van der Waals surface area contributed by atoms with Crippen LogP contribution in [0.2, 0.25) is 0 Å². The normalized spacial score (nSPS) is 19.2. The third-order valence-electron chi connectivity index (χ3n) is 4.90. The van der Waals surface area contributed by atoms with E-state index in [4.69, 9.17) is 0 Å². The van der Waals surface area contributed by atoms with Crippen molar-refractivity contribution in [1.29, 1.82) is 0 Å². The molecule has 0 saturated carbocycles. The molecule has 0 bridgehead atoms. The second-order valence-corrected chi connectivity index (χ2v) is 6.13. The van der Waals surface area contributed by atoms with Crippen LogP contribution in [-0.4, -0.2) is 6.54 Å². The van der Waals surface area contributed by atoms with Crippen molar-refractivity contribution in [3.8, 4) is 0 Å². The molecule has 0 aliphatic carbocycles. The summed E-state index contributed by atoms with van der Waals surface area (Å²) in [5.74, 6) is 0. The van der Waals surface area contributed by atoms with E-state index >= 15 is 0 Å². The van der Waals surface area contributed by atoms with Gasteiger partial charge in [-0.25, -0.2) is 0 Å². The first-order chi connectivity index (χ1) is 10.4. The van der Waals surface area contributed by atoms with Crippen molar-refractivity contribution in [1.82, 2.24) is 5.32 Å². The molecule has 0 radical (unpaired) electrons. The standard InChI is InChI=1S/C20H21N/c1-14-15-8-2-4-10-17(15)20(19-12-6-7-13-21-19)18-11-5-3-9-16(14)18/h2-5,8-11,19,21H,6-7,12-13H2,1H3/t19-/m0/s1. The molecule has 1 atom stereocenters. The Morgan fingerprint density at radius 2 is 1.38 bits per heavy atom. The van der Waals surface area contributed by atoms with E-state index in [1.165, 1.54) is 51.9 Å². The van der Waals surface area contributed by atoms with Crippen molar-refractivity contribution in [2.45, 2.75) is 32.2 Å². The van der Waals surface area contributed by atoms with Gasteiger partial charge in [-0.3, -0.25) is 0 Å². The molecule has 1 nitrogen and oxygen atoms in total. The fourth-order valence-electron chi connectivity index (χ4n) is 3.85. The number of aryl methyl sites for hydroxylation is 1. The number of hydrogen-bond donors (Lipinski definition) is 1. The molecular formula is C20H21N. The molecule has 4 rings (SSSR count). The molecule has 0 spiro atoms. The minimum atomic E-state index is 0.495. The van der Waals surface area contributed by atoms with Crippen LogP contribution in [-0.2, 0) is 0 Å². The second-order valence-electron chi connectivity index (χ2n) is 6.13. The molecule has 0 aromatic heterocycles. The van der Waals surface area contributed by atoms with Gasteiger partial charge in [0.1, 0.15) is 0 Å². The number of rotatable bonds is 1. The summed E-state index contributed by atoms with van der Waals surface area (Å²) in [6.07, 6.45) is 3.88. The molecule has 106 valence electrons. The molecule has 1 fully saturated rings. The summed E-state index contributed by atoms with van der Waals surface area (Å²) in [5.41, 5.74) is 2.91. The zero-order valence-electron chi connectivity index (χ0n) is 12.5. The molecule has 21 heavy (non-hydrogen) atoms. The van der Waals surface area contributed by atoms with Gasteiger partial charge in [0.15, 0.2) is 0 Å². The average Bonchev–Trinajstić information content (AvgIpc) is 2.56. The Morgan fingerprint density at radius 3 is 1.90 bits per heavy atom. The summed E-state index contributed by atoms with van der Waals surface area (Å²) in [7, 11) is 0. The Morgan fingerprint density at radius 1 is 0.810 bits per heavy atom. The maximum atomic E-state index is 3.74. The zero-order valence-corrected chi connectivity index (χ0v) is 12.5. The van der Waals surface area contributed by atoms with Crippen molar-refractivity contribution in [2.75, 3.05) is 6.54 Å². The van der Waals surface area contributed by atoms with Gasteiger partial charge >= 0.3 is 0 Å². The van der Waals surface area contributed by atoms with Crippen LogP contribution in [0.1, 0.15) is 36.4 Å².